The fourth-order valence-electron chi connectivity index (χ4n) is 2.19. The van der Waals surface area contributed by atoms with Crippen LogP contribution in [0, 0.1) is 0 Å². The van der Waals surface area contributed by atoms with Gasteiger partial charge in [-0.2, -0.15) is 5.10 Å². The molecule has 0 atom stereocenters. The van der Waals surface area contributed by atoms with Crippen molar-refractivity contribution in [3.05, 3.63) is 27.6 Å². The zero-order valence-electron chi connectivity index (χ0n) is 9.45. The zero-order chi connectivity index (χ0) is 11.8. The molecule has 1 aliphatic rings. The SMILES string of the molecule is CCOC(=O)c1[nH]nc2c1CCc1sccc1-2. The highest BCUT2D eigenvalue weighted by molar-refractivity contribution is 7.10. The smallest absolute Gasteiger partial charge is 0.356 e. The standard InChI is InChI=1S/C12H12N2O2S/c1-2-16-12(15)11-8-3-4-9-7(5-6-17-9)10(8)13-14-11/h5-6H,2-4H2,1H3,(H,13,14). The van der Waals surface area contributed by atoms with Crippen LogP contribution < -0.4 is 0 Å². The minimum Gasteiger partial charge on any atom is -0.461 e. The number of carbonyl (C=O) groups excluding carboxylic acids is 1. The van der Waals surface area contributed by atoms with E-state index in [2.05, 4.69) is 21.6 Å². The summed E-state index contributed by atoms with van der Waals surface area (Å²) in [5, 5.41) is 9.13. The highest BCUT2D eigenvalue weighted by atomic mass is 32.1. The fourth-order valence-corrected chi connectivity index (χ4v) is 3.07. The van der Waals surface area contributed by atoms with Gasteiger partial charge in [-0.25, -0.2) is 4.79 Å². The van der Waals surface area contributed by atoms with E-state index in [1.54, 1.807) is 18.3 Å². The van der Waals surface area contributed by atoms with Crippen molar-refractivity contribution in [1.82, 2.24) is 10.2 Å². The van der Waals surface area contributed by atoms with Gasteiger partial charge in [0.15, 0.2) is 0 Å². The third-order valence-corrected chi connectivity index (χ3v) is 3.93. The third kappa shape index (κ3) is 1.58. The van der Waals surface area contributed by atoms with E-state index in [0.717, 1.165) is 29.7 Å². The maximum Gasteiger partial charge on any atom is 0.356 e. The van der Waals surface area contributed by atoms with Crippen LogP contribution in [-0.4, -0.2) is 22.8 Å². The number of nitrogens with one attached hydrogen (secondary N) is 1. The maximum atomic E-state index is 11.7. The summed E-state index contributed by atoms with van der Waals surface area (Å²) in [6.45, 7) is 2.19. The van der Waals surface area contributed by atoms with E-state index in [1.807, 2.05) is 0 Å². The average molecular weight is 248 g/mol. The molecule has 88 valence electrons. The van der Waals surface area contributed by atoms with Crippen molar-refractivity contribution in [3.63, 3.8) is 0 Å². The Labute approximate surface area is 103 Å². The summed E-state index contributed by atoms with van der Waals surface area (Å²) >= 11 is 1.75. The van der Waals surface area contributed by atoms with Crippen molar-refractivity contribution in [2.45, 2.75) is 19.8 Å². The monoisotopic (exact) mass is 248 g/mol. The first kappa shape index (κ1) is 10.5. The Kier molecular flexibility index (Phi) is 2.48. The van der Waals surface area contributed by atoms with Crippen LogP contribution in [0.4, 0.5) is 0 Å². The van der Waals surface area contributed by atoms with Crippen LogP contribution in [0.5, 0.6) is 0 Å². The Bertz CT molecular complexity index is 571. The number of aromatic nitrogens is 2. The lowest BCUT2D eigenvalue weighted by molar-refractivity contribution is 0.0518. The molecule has 0 fully saturated rings. The maximum absolute atomic E-state index is 11.7. The molecule has 0 aliphatic heterocycles. The first-order valence-corrected chi connectivity index (χ1v) is 6.50. The lowest BCUT2D eigenvalue weighted by Crippen LogP contribution is -2.10. The van der Waals surface area contributed by atoms with Crippen LogP contribution in [0.1, 0.15) is 27.9 Å². The highest BCUT2D eigenvalue weighted by Crippen LogP contribution is 2.36. The molecular formula is C12H12N2O2S. The van der Waals surface area contributed by atoms with Crippen LogP contribution in [0.25, 0.3) is 11.3 Å². The minimum atomic E-state index is -0.306. The summed E-state index contributed by atoms with van der Waals surface area (Å²) in [6.07, 6.45) is 1.83. The molecule has 0 unspecified atom stereocenters. The number of ether oxygens (including phenoxy) is 1. The number of aryl methyl sites for hydroxylation is 1. The Hall–Kier alpha value is -1.62. The van der Waals surface area contributed by atoms with Crippen molar-refractivity contribution in [3.8, 4) is 11.3 Å². The number of aromatic amines is 1. The summed E-state index contributed by atoms with van der Waals surface area (Å²) in [7, 11) is 0. The van der Waals surface area contributed by atoms with Gasteiger partial charge in [0.05, 0.1) is 12.3 Å². The van der Waals surface area contributed by atoms with Gasteiger partial charge in [-0.3, -0.25) is 5.10 Å². The molecule has 5 heteroatoms. The molecule has 0 saturated carbocycles. The summed E-state index contributed by atoms with van der Waals surface area (Å²) in [6, 6.07) is 2.06. The van der Waals surface area contributed by atoms with Gasteiger partial charge >= 0.3 is 5.97 Å². The van der Waals surface area contributed by atoms with Gasteiger partial charge in [-0.15, -0.1) is 11.3 Å². The fraction of sp³-hybridized carbons (Fsp3) is 0.333. The Balaban J connectivity index is 2.05. The van der Waals surface area contributed by atoms with E-state index in [4.69, 9.17) is 4.74 Å². The number of H-pyrrole nitrogens is 1. The average Bonchev–Trinajstić information content (AvgIpc) is 2.94. The number of carbonyl (C=O) groups is 1. The number of nitrogens with zero attached hydrogens (tertiary/aromatic N) is 1. The molecule has 0 radical (unpaired) electrons. The number of thiophene rings is 1. The zero-order valence-corrected chi connectivity index (χ0v) is 10.3. The van der Waals surface area contributed by atoms with E-state index in [-0.39, 0.29) is 5.97 Å². The van der Waals surface area contributed by atoms with E-state index in [9.17, 15) is 4.79 Å². The van der Waals surface area contributed by atoms with Crippen LogP contribution in [0.15, 0.2) is 11.4 Å². The molecule has 0 saturated heterocycles. The second kappa shape index (κ2) is 4.00. The van der Waals surface area contributed by atoms with E-state index in [0.29, 0.717) is 12.3 Å². The summed E-state index contributed by atoms with van der Waals surface area (Å²) in [5.74, 6) is -0.306. The van der Waals surface area contributed by atoms with Gasteiger partial charge in [0.25, 0.3) is 0 Å². The van der Waals surface area contributed by atoms with Gasteiger partial charge in [0.1, 0.15) is 5.69 Å². The first-order valence-electron chi connectivity index (χ1n) is 5.62. The van der Waals surface area contributed by atoms with Crippen LogP contribution in [-0.2, 0) is 17.6 Å². The van der Waals surface area contributed by atoms with E-state index in [1.165, 1.54) is 4.88 Å². The Morgan fingerprint density at radius 3 is 3.29 bits per heavy atom. The number of esters is 1. The number of hydrogen-bond donors (Lipinski definition) is 1. The molecule has 17 heavy (non-hydrogen) atoms. The summed E-state index contributed by atoms with van der Waals surface area (Å²) in [5.41, 5.74) is 3.58. The summed E-state index contributed by atoms with van der Waals surface area (Å²) in [4.78, 5) is 13.1. The molecule has 0 aromatic carbocycles. The molecule has 4 nitrogen and oxygen atoms in total. The predicted octanol–water partition coefficient (Wildman–Crippen LogP) is 2.41. The van der Waals surface area contributed by atoms with Gasteiger partial charge < -0.3 is 4.74 Å². The largest absolute Gasteiger partial charge is 0.461 e. The molecule has 1 aliphatic carbocycles. The molecule has 3 rings (SSSR count). The molecule has 0 spiro atoms. The topological polar surface area (TPSA) is 55.0 Å². The second-order valence-electron chi connectivity index (χ2n) is 3.90. The molecule has 2 heterocycles. The minimum absolute atomic E-state index is 0.306. The van der Waals surface area contributed by atoms with Crippen LogP contribution in [0.3, 0.4) is 0 Å². The van der Waals surface area contributed by atoms with Crippen molar-refractivity contribution in [2.75, 3.05) is 6.61 Å². The molecule has 1 N–H and O–H groups in total. The molecule has 2 aromatic heterocycles. The number of rotatable bonds is 2. The van der Waals surface area contributed by atoms with Crippen molar-refractivity contribution >= 4 is 17.3 Å². The highest BCUT2D eigenvalue weighted by Gasteiger charge is 2.26. The molecule has 2 aromatic rings. The number of fused-ring (bicyclic) bond motifs is 3. The summed E-state index contributed by atoms with van der Waals surface area (Å²) < 4.78 is 5.01. The van der Waals surface area contributed by atoms with Gasteiger partial charge in [0, 0.05) is 16.0 Å². The van der Waals surface area contributed by atoms with Crippen LogP contribution >= 0.6 is 11.3 Å². The van der Waals surface area contributed by atoms with Crippen molar-refractivity contribution < 1.29 is 9.53 Å². The third-order valence-electron chi connectivity index (χ3n) is 2.95. The quantitative estimate of drug-likeness (QED) is 0.830. The normalized spacial score (nSPS) is 13.0. The second-order valence-corrected chi connectivity index (χ2v) is 4.90. The first-order chi connectivity index (χ1) is 8.31. The lowest BCUT2D eigenvalue weighted by atomic mass is 9.95. The van der Waals surface area contributed by atoms with Crippen molar-refractivity contribution in [1.29, 1.82) is 0 Å². The van der Waals surface area contributed by atoms with E-state index >= 15 is 0 Å². The van der Waals surface area contributed by atoms with Crippen LogP contribution in [0.2, 0.25) is 0 Å². The van der Waals surface area contributed by atoms with Gasteiger partial charge in [-0.05, 0) is 31.2 Å². The molecule has 0 bridgehead atoms. The van der Waals surface area contributed by atoms with Crippen molar-refractivity contribution in [2.24, 2.45) is 0 Å². The lowest BCUT2D eigenvalue weighted by Gasteiger charge is -2.11. The van der Waals surface area contributed by atoms with Gasteiger partial charge in [-0.1, -0.05) is 0 Å². The Morgan fingerprint density at radius 2 is 2.47 bits per heavy atom. The molecule has 0 amide bonds. The number of hydrogen-bond acceptors (Lipinski definition) is 4. The van der Waals surface area contributed by atoms with Gasteiger partial charge in [0.2, 0.25) is 0 Å². The molecular weight excluding hydrogens is 236 g/mol. The Morgan fingerprint density at radius 1 is 1.59 bits per heavy atom. The predicted molar refractivity (Wildman–Crippen MR) is 65.3 cm³/mol. The van der Waals surface area contributed by atoms with E-state index < -0.39 is 0 Å².